The second-order valence-corrected chi connectivity index (χ2v) is 7.08. The minimum atomic E-state index is 0.517. The summed E-state index contributed by atoms with van der Waals surface area (Å²) in [6.07, 6.45) is 8.59. The SMILES string of the molecule is N#CNC(=NCCCOc1cccc(CN2CCCCC2)c1)NCCCCN. The van der Waals surface area contributed by atoms with Crippen LogP contribution >= 0.6 is 0 Å². The first-order valence-corrected chi connectivity index (χ1v) is 10.4. The molecule has 0 amide bonds. The lowest BCUT2D eigenvalue weighted by Gasteiger charge is -2.26. The summed E-state index contributed by atoms with van der Waals surface area (Å²) in [5.74, 6) is 1.43. The molecule has 154 valence electrons. The quantitative estimate of drug-likeness (QED) is 0.177. The second kappa shape index (κ2) is 13.8. The Kier molecular flexibility index (Phi) is 10.8. The Hall–Kier alpha value is -2.30. The number of guanidine groups is 1. The third-order valence-electron chi connectivity index (χ3n) is 4.69. The zero-order valence-corrected chi connectivity index (χ0v) is 16.8. The van der Waals surface area contributed by atoms with Crippen molar-refractivity contribution in [1.82, 2.24) is 15.5 Å². The molecule has 0 aliphatic carbocycles. The Morgan fingerprint density at radius 1 is 1.21 bits per heavy atom. The maximum atomic E-state index is 8.80. The summed E-state index contributed by atoms with van der Waals surface area (Å²) < 4.78 is 5.88. The molecule has 0 bridgehead atoms. The van der Waals surface area contributed by atoms with E-state index in [1.54, 1.807) is 0 Å². The van der Waals surface area contributed by atoms with Crippen LogP contribution in [0.3, 0.4) is 0 Å². The summed E-state index contributed by atoms with van der Waals surface area (Å²) in [5, 5.41) is 14.5. The van der Waals surface area contributed by atoms with Gasteiger partial charge in [0.2, 0.25) is 5.96 Å². The number of unbranched alkanes of at least 4 members (excludes halogenated alkanes) is 1. The van der Waals surface area contributed by atoms with Gasteiger partial charge in [-0.15, -0.1) is 0 Å². The van der Waals surface area contributed by atoms with Crippen LogP contribution in [0.4, 0.5) is 0 Å². The number of hydrogen-bond donors (Lipinski definition) is 3. The van der Waals surface area contributed by atoms with Crippen molar-refractivity contribution in [2.45, 2.75) is 45.1 Å². The van der Waals surface area contributed by atoms with E-state index in [1.807, 2.05) is 12.3 Å². The standard InChI is InChI=1S/C21H34N6O/c22-10-2-3-11-24-21(26-18-23)25-12-7-15-28-20-9-6-8-19(16-20)17-27-13-4-1-5-14-27/h6,8-9,16H,1-5,7,10-15,17,22H2,(H2,24,25,26). The van der Waals surface area contributed by atoms with E-state index >= 15 is 0 Å². The molecule has 0 spiro atoms. The molecule has 0 unspecified atom stereocenters. The highest BCUT2D eigenvalue weighted by Gasteiger charge is 2.10. The van der Waals surface area contributed by atoms with Crippen LogP contribution in [0.25, 0.3) is 0 Å². The molecule has 1 fully saturated rings. The van der Waals surface area contributed by atoms with Gasteiger partial charge in [0.05, 0.1) is 6.61 Å². The number of nitrogens with two attached hydrogens (primary N) is 1. The van der Waals surface area contributed by atoms with Crippen LogP contribution in [0, 0.1) is 11.5 Å². The maximum absolute atomic E-state index is 8.80. The number of rotatable bonds is 11. The Balaban J connectivity index is 1.68. The average Bonchev–Trinajstić information content (AvgIpc) is 2.72. The van der Waals surface area contributed by atoms with E-state index in [2.05, 4.69) is 38.7 Å². The fourth-order valence-electron chi connectivity index (χ4n) is 3.22. The van der Waals surface area contributed by atoms with Gasteiger partial charge in [0, 0.05) is 26.1 Å². The summed E-state index contributed by atoms with van der Waals surface area (Å²) in [6.45, 7) is 6.03. The van der Waals surface area contributed by atoms with Crippen molar-refractivity contribution in [3.8, 4) is 11.9 Å². The molecule has 1 saturated heterocycles. The molecule has 1 aliphatic heterocycles. The van der Waals surface area contributed by atoms with Crippen LogP contribution in [0.1, 0.15) is 44.1 Å². The Morgan fingerprint density at radius 2 is 2.07 bits per heavy atom. The van der Waals surface area contributed by atoms with Crippen molar-refractivity contribution < 1.29 is 4.74 Å². The van der Waals surface area contributed by atoms with Crippen LogP contribution in [0.2, 0.25) is 0 Å². The summed E-state index contributed by atoms with van der Waals surface area (Å²) >= 11 is 0. The van der Waals surface area contributed by atoms with E-state index in [1.165, 1.54) is 37.9 Å². The van der Waals surface area contributed by atoms with Gasteiger partial charge in [0.25, 0.3) is 0 Å². The molecule has 0 aromatic heterocycles. The van der Waals surface area contributed by atoms with Crippen molar-refractivity contribution in [2.75, 3.05) is 39.3 Å². The van der Waals surface area contributed by atoms with Gasteiger partial charge < -0.3 is 15.8 Å². The molecule has 0 radical (unpaired) electrons. The van der Waals surface area contributed by atoms with Crippen molar-refractivity contribution in [1.29, 1.82) is 5.26 Å². The van der Waals surface area contributed by atoms with Crippen molar-refractivity contribution in [2.24, 2.45) is 10.7 Å². The third-order valence-corrected chi connectivity index (χ3v) is 4.69. The monoisotopic (exact) mass is 386 g/mol. The fourth-order valence-corrected chi connectivity index (χ4v) is 3.22. The van der Waals surface area contributed by atoms with Gasteiger partial charge in [-0.05, 0) is 63.0 Å². The molecule has 2 rings (SSSR count). The van der Waals surface area contributed by atoms with E-state index in [4.69, 9.17) is 15.7 Å². The minimum absolute atomic E-state index is 0.517. The lowest BCUT2D eigenvalue weighted by Crippen LogP contribution is -2.35. The first-order chi connectivity index (χ1) is 13.8. The highest BCUT2D eigenvalue weighted by atomic mass is 16.5. The predicted molar refractivity (Wildman–Crippen MR) is 113 cm³/mol. The highest BCUT2D eigenvalue weighted by Crippen LogP contribution is 2.17. The molecule has 1 aromatic carbocycles. The van der Waals surface area contributed by atoms with E-state index < -0.39 is 0 Å². The average molecular weight is 387 g/mol. The van der Waals surface area contributed by atoms with Crippen LogP contribution in [0.5, 0.6) is 5.75 Å². The van der Waals surface area contributed by atoms with E-state index in [-0.39, 0.29) is 0 Å². The molecule has 1 aromatic rings. The number of nitrogens with zero attached hydrogens (tertiary/aromatic N) is 3. The number of ether oxygens (including phenoxy) is 1. The van der Waals surface area contributed by atoms with Crippen LogP contribution in [-0.2, 0) is 6.54 Å². The van der Waals surface area contributed by atoms with E-state index in [0.717, 1.165) is 38.1 Å². The third kappa shape index (κ3) is 9.07. The molecule has 4 N–H and O–H groups in total. The maximum Gasteiger partial charge on any atom is 0.204 e. The number of hydrogen-bond acceptors (Lipinski definition) is 5. The number of nitrogens with one attached hydrogen (secondary N) is 2. The van der Waals surface area contributed by atoms with Gasteiger partial charge in [-0.2, -0.15) is 5.26 Å². The van der Waals surface area contributed by atoms with Gasteiger partial charge in [0.1, 0.15) is 5.75 Å². The van der Waals surface area contributed by atoms with Crippen molar-refractivity contribution in [3.05, 3.63) is 29.8 Å². The molecule has 0 atom stereocenters. The fraction of sp³-hybridized carbons (Fsp3) is 0.619. The van der Waals surface area contributed by atoms with Crippen LogP contribution in [0.15, 0.2) is 29.3 Å². The van der Waals surface area contributed by atoms with Gasteiger partial charge in [0.15, 0.2) is 6.19 Å². The molecular formula is C21H34N6O. The van der Waals surface area contributed by atoms with Gasteiger partial charge in [-0.1, -0.05) is 18.6 Å². The Morgan fingerprint density at radius 3 is 2.86 bits per heavy atom. The molecule has 1 aliphatic rings. The first kappa shape index (κ1) is 22.0. The summed E-state index contributed by atoms with van der Waals surface area (Å²) in [4.78, 5) is 6.91. The lowest BCUT2D eigenvalue weighted by atomic mass is 10.1. The summed E-state index contributed by atoms with van der Waals surface area (Å²) in [5.41, 5.74) is 6.78. The van der Waals surface area contributed by atoms with Crippen LogP contribution < -0.4 is 21.1 Å². The largest absolute Gasteiger partial charge is 0.494 e. The molecular weight excluding hydrogens is 352 g/mol. The van der Waals surface area contributed by atoms with Crippen molar-refractivity contribution in [3.63, 3.8) is 0 Å². The van der Waals surface area contributed by atoms with Gasteiger partial charge in [-0.3, -0.25) is 15.2 Å². The van der Waals surface area contributed by atoms with Crippen LogP contribution in [-0.4, -0.2) is 50.2 Å². The minimum Gasteiger partial charge on any atom is -0.494 e. The molecule has 0 saturated carbocycles. The smallest absolute Gasteiger partial charge is 0.204 e. The number of benzene rings is 1. The summed E-state index contributed by atoms with van der Waals surface area (Å²) in [7, 11) is 0. The second-order valence-electron chi connectivity index (χ2n) is 7.08. The van der Waals surface area contributed by atoms with E-state index in [0.29, 0.717) is 25.7 Å². The highest BCUT2D eigenvalue weighted by molar-refractivity contribution is 5.81. The zero-order valence-electron chi connectivity index (χ0n) is 16.8. The number of piperidine rings is 1. The number of aliphatic imine (C=N–C) groups is 1. The van der Waals surface area contributed by atoms with E-state index in [9.17, 15) is 0 Å². The molecule has 28 heavy (non-hydrogen) atoms. The summed E-state index contributed by atoms with van der Waals surface area (Å²) in [6, 6.07) is 8.37. The zero-order chi connectivity index (χ0) is 19.9. The van der Waals surface area contributed by atoms with Gasteiger partial charge >= 0.3 is 0 Å². The number of likely N-dealkylation sites (tertiary alicyclic amines) is 1. The topological polar surface area (TPSA) is 98.7 Å². The Bertz CT molecular complexity index is 622. The number of nitriles is 1. The first-order valence-electron chi connectivity index (χ1n) is 10.4. The lowest BCUT2D eigenvalue weighted by molar-refractivity contribution is 0.220. The van der Waals surface area contributed by atoms with Crippen molar-refractivity contribution >= 4 is 5.96 Å². The molecule has 7 nitrogen and oxygen atoms in total. The van der Waals surface area contributed by atoms with Gasteiger partial charge in [-0.25, -0.2) is 0 Å². The molecule has 7 heteroatoms. The predicted octanol–water partition coefficient (Wildman–Crippen LogP) is 2.20. The Labute approximate surface area is 169 Å². The molecule has 1 heterocycles. The normalized spacial score (nSPS) is 15.1.